The van der Waals surface area contributed by atoms with Crippen molar-refractivity contribution in [1.29, 1.82) is 0 Å². The number of ether oxygens (including phenoxy) is 3. The molecular formula is C18H20Cl2O3. The summed E-state index contributed by atoms with van der Waals surface area (Å²) in [6.45, 7) is 6.53. The Morgan fingerprint density at radius 1 is 0.913 bits per heavy atom. The Morgan fingerprint density at radius 2 is 1.57 bits per heavy atom. The highest BCUT2D eigenvalue weighted by Crippen LogP contribution is 2.32. The maximum atomic E-state index is 6.09. The molecule has 0 aromatic heterocycles. The maximum absolute atomic E-state index is 6.09. The zero-order valence-electron chi connectivity index (χ0n) is 13.4. The average Bonchev–Trinajstić information content (AvgIpc) is 2.50. The van der Waals surface area contributed by atoms with Crippen molar-refractivity contribution >= 4 is 23.2 Å². The van der Waals surface area contributed by atoms with E-state index in [-0.39, 0.29) is 12.2 Å². The molecule has 2 aromatic carbocycles. The van der Waals surface area contributed by atoms with Crippen molar-refractivity contribution in [3.63, 3.8) is 0 Å². The third-order valence-corrected chi connectivity index (χ3v) is 3.48. The highest BCUT2D eigenvalue weighted by molar-refractivity contribution is 6.35. The average molecular weight is 355 g/mol. The minimum Gasteiger partial charge on any atom is -0.488 e. The summed E-state index contributed by atoms with van der Waals surface area (Å²) in [6, 6.07) is 12.5. The van der Waals surface area contributed by atoms with Crippen molar-refractivity contribution in [1.82, 2.24) is 0 Å². The Bertz CT molecular complexity index is 627. The maximum Gasteiger partial charge on any atom is 0.146 e. The van der Waals surface area contributed by atoms with Crippen molar-refractivity contribution in [2.24, 2.45) is 0 Å². The lowest BCUT2D eigenvalue weighted by atomic mass is 10.3. The number of rotatable bonds is 7. The van der Waals surface area contributed by atoms with Gasteiger partial charge in [0.2, 0.25) is 0 Å². The van der Waals surface area contributed by atoms with E-state index in [1.165, 1.54) is 0 Å². The predicted octanol–water partition coefficient (Wildman–Crippen LogP) is 5.98. The molecule has 1 atom stereocenters. The van der Waals surface area contributed by atoms with Crippen LogP contribution in [-0.4, -0.2) is 18.8 Å². The highest BCUT2D eigenvalue weighted by atomic mass is 35.5. The van der Waals surface area contributed by atoms with E-state index in [2.05, 4.69) is 0 Å². The molecule has 2 rings (SSSR count). The Balaban J connectivity index is 1.94. The van der Waals surface area contributed by atoms with E-state index < -0.39 is 0 Å². The molecule has 0 aliphatic carbocycles. The number of benzene rings is 2. The van der Waals surface area contributed by atoms with Gasteiger partial charge < -0.3 is 14.2 Å². The SMILES string of the molecule is CC(C)OCC(C)Oc1ccc(Oc2ccc(Cl)cc2Cl)cc1. The van der Waals surface area contributed by atoms with Crippen LogP contribution in [0.2, 0.25) is 10.0 Å². The molecule has 124 valence electrons. The molecule has 0 heterocycles. The molecule has 0 radical (unpaired) electrons. The molecule has 23 heavy (non-hydrogen) atoms. The van der Waals surface area contributed by atoms with Crippen molar-refractivity contribution in [3.05, 3.63) is 52.5 Å². The van der Waals surface area contributed by atoms with Crippen molar-refractivity contribution < 1.29 is 14.2 Å². The van der Waals surface area contributed by atoms with Crippen molar-refractivity contribution in [3.8, 4) is 17.2 Å². The standard InChI is InChI=1S/C18H20Cl2O3/c1-12(2)21-11-13(3)22-15-5-7-16(8-6-15)23-18-9-4-14(19)10-17(18)20/h4-10,12-13H,11H2,1-3H3. The summed E-state index contributed by atoms with van der Waals surface area (Å²) < 4.78 is 17.0. The molecule has 0 saturated heterocycles. The first-order chi connectivity index (χ1) is 10.9. The lowest BCUT2D eigenvalue weighted by Gasteiger charge is -2.17. The van der Waals surface area contributed by atoms with E-state index in [0.717, 1.165) is 5.75 Å². The van der Waals surface area contributed by atoms with Crippen LogP contribution < -0.4 is 9.47 Å². The van der Waals surface area contributed by atoms with Crippen LogP contribution in [0.3, 0.4) is 0 Å². The van der Waals surface area contributed by atoms with E-state index in [0.29, 0.717) is 28.2 Å². The third-order valence-electron chi connectivity index (χ3n) is 2.95. The van der Waals surface area contributed by atoms with Gasteiger partial charge in [0.05, 0.1) is 17.7 Å². The summed E-state index contributed by atoms with van der Waals surface area (Å²) in [5, 5.41) is 1.04. The minimum absolute atomic E-state index is 0.0186. The Kier molecular flexibility index (Phi) is 6.58. The van der Waals surface area contributed by atoms with Crippen LogP contribution in [0.5, 0.6) is 17.2 Å². The monoisotopic (exact) mass is 354 g/mol. The first-order valence-corrected chi connectivity index (χ1v) is 8.21. The molecule has 0 aliphatic heterocycles. The predicted molar refractivity (Wildman–Crippen MR) is 94.2 cm³/mol. The molecule has 3 nitrogen and oxygen atoms in total. The summed E-state index contributed by atoms with van der Waals surface area (Å²) in [5.41, 5.74) is 0. The summed E-state index contributed by atoms with van der Waals surface area (Å²) in [4.78, 5) is 0. The molecule has 5 heteroatoms. The van der Waals surface area contributed by atoms with Gasteiger partial charge in [0.1, 0.15) is 23.4 Å². The molecule has 0 aliphatic rings. The second-order valence-corrected chi connectivity index (χ2v) is 6.30. The summed E-state index contributed by atoms with van der Waals surface area (Å²) in [6.07, 6.45) is 0.177. The fraction of sp³-hybridized carbons (Fsp3) is 0.333. The molecule has 0 fully saturated rings. The molecule has 0 amide bonds. The fourth-order valence-corrected chi connectivity index (χ4v) is 2.31. The zero-order valence-corrected chi connectivity index (χ0v) is 14.9. The first kappa shape index (κ1) is 17.9. The second kappa shape index (κ2) is 8.44. The summed E-state index contributed by atoms with van der Waals surface area (Å²) in [5.74, 6) is 2.00. The number of hydrogen-bond donors (Lipinski definition) is 0. The van der Waals surface area contributed by atoms with Gasteiger partial charge in [0.25, 0.3) is 0 Å². The van der Waals surface area contributed by atoms with Crippen LogP contribution >= 0.6 is 23.2 Å². The Hall–Kier alpha value is -1.42. The smallest absolute Gasteiger partial charge is 0.146 e. The van der Waals surface area contributed by atoms with Gasteiger partial charge in [0.15, 0.2) is 0 Å². The molecule has 1 unspecified atom stereocenters. The second-order valence-electron chi connectivity index (χ2n) is 5.46. The highest BCUT2D eigenvalue weighted by Gasteiger charge is 2.07. The molecule has 2 aromatic rings. The van der Waals surface area contributed by atoms with E-state index >= 15 is 0 Å². The van der Waals surface area contributed by atoms with Gasteiger partial charge in [-0.15, -0.1) is 0 Å². The van der Waals surface area contributed by atoms with Gasteiger partial charge in [-0.25, -0.2) is 0 Å². The van der Waals surface area contributed by atoms with Crippen LogP contribution in [0.15, 0.2) is 42.5 Å². The normalized spacial score (nSPS) is 12.3. The fourth-order valence-electron chi connectivity index (χ4n) is 1.87. The lowest BCUT2D eigenvalue weighted by Crippen LogP contribution is -2.21. The van der Waals surface area contributed by atoms with Crippen LogP contribution in [0.1, 0.15) is 20.8 Å². The largest absolute Gasteiger partial charge is 0.488 e. The lowest BCUT2D eigenvalue weighted by molar-refractivity contribution is 0.0230. The quantitative estimate of drug-likeness (QED) is 0.612. The molecule has 0 N–H and O–H groups in total. The van der Waals surface area contributed by atoms with Crippen LogP contribution in [0.4, 0.5) is 0 Å². The minimum atomic E-state index is -0.0186. The zero-order chi connectivity index (χ0) is 16.8. The molecule has 0 bridgehead atoms. The van der Waals surface area contributed by atoms with Crippen molar-refractivity contribution in [2.75, 3.05) is 6.61 Å². The van der Waals surface area contributed by atoms with Gasteiger partial charge in [-0.2, -0.15) is 0 Å². The summed E-state index contributed by atoms with van der Waals surface area (Å²) in [7, 11) is 0. The first-order valence-electron chi connectivity index (χ1n) is 7.45. The Morgan fingerprint density at radius 3 is 2.17 bits per heavy atom. The van der Waals surface area contributed by atoms with Crippen LogP contribution in [0, 0.1) is 0 Å². The third kappa shape index (κ3) is 5.94. The van der Waals surface area contributed by atoms with E-state index in [1.807, 2.05) is 45.0 Å². The van der Waals surface area contributed by atoms with E-state index in [9.17, 15) is 0 Å². The molecule has 0 spiro atoms. The van der Waals surface area contributed by atoms with Gasteiger partial charge in [-0.1, -0.05) is 23.2 Å². The molecule has 0 saturated carbocycles. The topological polar surface area (TPSA) is 27.7 Å². The summed E-state index contributed by atoms with van der Waals surface area (Å²) >= 11 is 12.0. The van der Waals surface area contributed by atoms with Gasteiger partial charge in [-0.05, 0) is 63.2 Å². The van der Waals surface area contributed by atoms with Crippen molar-refractivity contribution in [2.45, 2.75) is 33.0 Å². The van der Waals surface area contributed by atoms with Gasteiger partial charge >= 0.3 is 0 Å². The molecular weight excluding hydrogens is 335 g/mol. The number of hydrogen-bond acceptors (Lipinski definition) is 3. The number of halogens is 2. The van der Waals surface area contributed by atoms with E-state index in [1.54, 1.807) is 18.2 Å². The van der Waals surface area contributed by atoms with E-state index in [4.69, 9.17) is 37.4 Å². The van der Waals surface area contributed by atoms with Crippen LogP contribution in [-0.2, 0) is 4.74 Å². The van der Waals surface area contributed by atoms with Gasteiger partial charge in [-0.3, -0.25) is 0 Å². The Labute approximate surface area is 147 Å². The van der Waals surface area contributed by atoms with Crippen LogP contribution in [0.25, 0.3) is 0 Å². The van der Waals surface area contributed by atoms with Gasteiger partial charge in [0, 0.05) is 5.02 Å².